The maximum absolute atomic E-state index is 12.8. The number of aliphatic hydroxyl groups is 8. The van der Waals surface area contributed by atoms with Gasteiger partial charge in [-0.2, -0.15) is 0 Å². The third-order valence-electron chi connectivity index (χ3n) is 7.01. The Morgan fingerprint density at radius 3 is 1.68 bits per heavy atom. The highest BCUT2D eigenvalue weighted by molar-refractivity contribution is 5.88. The predicted octanol–water partition coefficient (Wildman–Crippen LogP) is -7.14. The van der Waals surface area contributed by atoms with Crippen LogP contribution in [0.15, 0.2) is 0 Å². The first-order valence-electron chi connectivity index (χ1n) is 14.3. The van der Waals surface area contributed by atoms with Crippen molar-refractivity contribution in [2.75, 3.05) is 46.1 Å². The van der Waals surface area contributed by atoms with Crippen LogP contribution in [0.5, 0.6) is 0 Å². The van der Waals surface area contributed by atoms with Crippen LogP contribution >= 0.6 is 0 Å². The van der Waals surface area contributed by atoms with Gasteiger partial charge in [0.25, 0.3) is 0 Å². The molecule has 0 aromatic carbocycles. The van der Waals surface area contributed by atoms with E-state index in [1.165, 1.54) is 0 Å². The lowest BCUT2D eigenvalue weighted by molar-refractivity contribution is -0.300. The van der Waals surface area contributed by atoms with E-state index >= 15 is 0 Å². The molecule has 0 aromatic rings. The molecular weight excluding hydrogens is 596 g/mol. The topological polar surface area (TPSA) is 312 Å². The number of carbonyl (C=O) groups is 3. The number of rotatable bonds is 18. The predicted molar refractivity (Wildman–Crippen MR) is 145 cm³/mol. The molecule has 2 aliphatic heterocycles. The Bertz CT molecular complexity index is 884. The number of hydrogen-bond acceptors (Lipinski definition) is 16. The van der Waals surface area contributed by atoms with Crippen LogP contribution < -0.4 is 21.7 Å². The SMILES string of the molecule is NCCCC(=O)N[C@@H](CCC(=O)NCCO[C@H]1O[C@H](CO)[C@@H](O)[C@H](O)[C@@H]1O)C(=O)NCCO[C@H]1O[C@H](CO)[C@@H](O)[C@H](O)[C@@H]1O. The average Bonchev–Trinajstić information content (AvgIpc) is 3.01. The monoisotopic (exact) mass is 642 g/mol. The Balaban J connectivity index is 1.79. The Morgan fingerprint density at radius 2 is 1.20 bits per heavy atom. The first kappa shape index (κ1) is 38.1. The fourth-order valence-corrected chi connectivity index (χ4v) is 4.41. The van der Waals surface area contributed by atoms with Crippen molar-refractivity contribution in [2.45, 2.75) is 93.1 Å². The molecule has 2 heterocycles. The maximum atomic E-state index is 12.8. The van der Waals surface area contributed by atoms with Crippen molar-refractivity contribution in [3.8, 4) is 0 Å². The van der Waals surface area contributed by atoms with Crippen molar-refractivity contribution in [1.29, 1.82) is 0 Å². The van der Waals surface area contributed by atoms with Crippen molar-refractivity contribution in [2.24, 2.45) is 5.73 Å². The van der Waals surface area contributed by atoms with Gasteiger partial charge in [-0.1, -0.05) is 0 Å². The van der Waals surface area contributed by atoms with Crippen LogP contribution in [0, 0.1) is 0 Å². The summed E-state index contributed by atoms with van der Waals surface area (Å²) in [4.78, 5) is 37.4. The number of ether oxygens (including phenoxy) is 4. The minimum Gasteiger partial charge on any atom is -0.394 e. The van der Waals surface area contributed by atoms with Gasteiger partial charge in [-0.3, -0.25) is 14.4 Å². The van der Waals surface area contributed by atoms with Gasteiger partial charge < -0.3 is 81.5 Å². The maximum Gasteiger partial charge on any atom is 0.242 e. The van der Waals surface area contributed by atoms with E-state index in [0.717, 1.165) is 0 Å². The summed E-state index contributed by atoms with van der Waals surface area (Å²) in [7, 11) is 0. The molecule has 19 heteroatoms. The lowest BCUT2D eigenvalue weighted by Gasteiger charge is -2.39. The van der Waals surface area contributed by atoms with Gasteiger partial charge in [-0.05, 0) is 19.4 Å². The van der Waals surface area contributed by atoms with E-state index in [1.54, 1.807) is 0 Å². The summed E-state index contributed by atoms with van der Waals surface area (Å²) in [6, 6.07) is -1.11. The van der Waals surface area contributed by atoms with E-state index in [9.17, 15) is 55.2 Å². The minimum atomic E-state index is -1.63. The summed E-state index contributed by atoms with van der Waals surface area (Å²) < 4.78 is 21.1. The van der Waals surface area contributed by atoms with Gasteiger partial charge in [-0.15, -0.1) is 0 Å². The molecule has 0 aliphatic carbocycles. The molecule has 44 heavy (non-hydrogen) atoms. The van der Waals surface area contributed by atoms with E-state index in [0.29, 0.717) is 6.42 Å². The molecule has 0 unspecified atom stereocenters. The second-order valence-electron chi connectivity index (χ2n) is 10.3. The van der Waals surface area contributed by atoms with E-state index in [4.69, 9.17) is 24.7 Å². The van der Waals surface area contributed by atoms with Crippen LogP contribution in [0.3, 0.4) is 0 Å². The molecule has 3 amide bonds. The second-order valence-corrected chi connectivity index (χ2v) is 10.3. The zero-order valence-corrected chi connectivity index (χ0v) is 24.1. The van der Waals surface area contributed by atoms with Gasteiger partial charge in [0.2, 0.25) is 17.7 Å². The average molecular weight is 643 g/mol. The summed E-state index contributed by atoms with van der Waals surface area (Å²) in [6.45, 7) is -1.55. The number of nitrogens with two attached hydrogens (primary N) is 1. The number of hydrogen-bond donors (Lipinski definition) is 12. The number of amides is 3. The molecule has 2 aliphatic rings. The first-order valence-corrected chi connectivity index (χ1v) is 14.3. The van der Waals surface area contributed by atoms with Crippen molar-refractivity contribution in [1.82, 2.24) is 16.0 Å². The molecule has 11 atom stereocenters. The largest absolute Gasteiger partial charge is 0.394 e. The van der Waals surface area contributed by atoms with Crippen LogP contribution in [-0.2, 0) is 33.3 Å². The Labute approximate surface area is 253 Å². The number of carbonyl (C=O) groups excluding carboxylic acids is 3. The molecule has 19 nitrogen and oxygen atoms in total. The normalized spacial score (nSPS) is 32.9. The Hall–Kier alpha value is -2.11. The van der Waals surface area contributed by atoms with E-state index in [-0.39, 0.29) is 52.1 Å². The summed E-state index contributed by atoms with van der Waals surface area (Å²) in [5, 5.41) is 85.4. The lowest BCUT2D eigenvalue weighted by atomic mass is 9.99. The number of nitrogens with one attached hydrogen (secondary N) is 3. The first-order chi connectivity index (χ1) is 20.9. The van der Waals surface area contributed by atoms with Gasteiger partial charge in [0.15, 0.2) is 12.6 Å². The van der Waals surface area contributed by atoms with Crippen LogP contribution in [0.25, 0.3) is 0 Å². The highest BCUT2D eigenvalue weighted by atomic mass is 16.7. The third kappa shape index (κ3) is 11.4. The molecule has 0 spiro atoms. The minimum absolute atomic E-state index is 0.0527. The van der Waals surface area contributed by atoms with Gasteiger partial charge in [0.05, 0.1) is 26.4 Å². The molecule has 0 aromatic heterocycles. The zero-order chi connectivity index (χ0) is 32.8. The van der Waals surface area contributed by atoms with E-state index in [1.807, 2.05) is 0 Å². The van der Waals surface area contributed by atoms with E-state index < -0.39 is 98.4 Å². The highest BCUT2D eigenvalue weighted by Gasteiger charge is 2.45. The van der Waals surface area contributed by atoms with Crippen LogP contribution in [0.2, 0.25) is 0 Å². The number of aliphatic hydroxyl groups excluding tert-OH is 8. The molecule has 0 saturated carbocycles. The molecule has 0 radical (unpaired) electrons. The van der Waals surface area contributed by atoms with Crippen LogP contribution in [0.4, 0.5) is 0 Å². The van der Waals surface area contributed by atoms with Crippen LogP contribution in [-0.4, -0.2) is 172 Å². The molecule has 13 N–H and O–H groups in total. The third-order valence-corrected chi connectivity index (χ3v) is 7.01. The molecule has 256 valence electrons. The summed E-state index contributed by atoms with van der Waals surface area (Å²) in [6.07, 6.45) is -14.4. The van der Waals surface area contributed by atoms with Gasteiger partial charge >= 0.3 is 0 Å². The Morgan fingerprint density at radius 1 is 0.705 bits per heavy atom. The van der Waals surface area contributed by atoms with Crippen molar-refractivity contribution < 1.29 is 74.2 Å². The second kappa shape index (κ2) is 19.4. The van der Waals surface area contributed by atoms with Crippen LogP contribution in [0.1, 0.15) is 25.7 Å². The lowest BCUT2D eigenvalue weighted by Crippen LogP contribution is -2.59. The molecule has 2 fully saturated rings. The summed E-state index contributed by atoms with van der Waals surface area (Å²) in [5.74, 6) is -1.59. The molecule has 0 bridgehead atoms. The fraction of sp³-hybridized carbons (Fsp3) is 0.880. The highest BCUT2D eigenvalue weighted by Crippen LogP contribution is 2.22. The smallest absolute Gasteiger partial charge is 0.242 e. The zero-order valence-electron chi connectivity index (χ0n) is 24.1. The summed E-state index contributed by atoms with van der Waals surface area (Å²) >= 11 is 0. The fourth-order valence-electron chi connectivity index (χ4n) is 4.41. The molecule has 2 rings (SSSR count). The standard InChI is InChI=1S/C25H46N4O15/c26-5-1-2-16(33)29-12(23(40)28-7-9-42-25-22(39)20(37)18(35)14(11-31)44-25)3-4-15(32)27-6-8-41-24-21(38)19(36)17(34)13(10-30)43-24/h12-14,17-22,24-25,30-31,34-39H,1-11,26H2,(H,27,32)(H,28,40)(H,29,33)/t12-,13+,14+,17+,18+,19-,20-,21-,22-,24-,25-/m0/s1. The summed E-state index contributed by atoms with van der Waals surface area (Å²) in [5.41, 5.74) is 5.43. The Kier molecular flexibility index (Phi) is 16.8. The van der Waals surface area contributed by atoms with Gasteiger partial charge in [0.1, 0.15) is 54.9 Å². The molecule has 2 saturated heterocycles. The molecular formula is C25H46N4O15. The van der Waals surface area contributed by atoms with Crippen molar-refractivity contribution in [3.05, 3.63) is 0 Å². The quantitative estimate of drug-likeness (QED) is 0.0618. The van der Waals surface area contributed by atoms with Crippen molar-refractivity contribution >= 4 is 17.7 Å². The van der Waals surface area contributed by atoms with Crippen molar-refractivity contribution in [3.63, 3.8) is 0 Å². The van der Waals surface area contributed by atoms with E-state index in [2.05, 4.69) is 16.0 Å². The van der Waals surface area contributed by atoms with Gasteiger partial charge in [0, 0.05) is 25.9 Å². The van der Waals surface area contributed by atoms with Gasteiger partial charge in [-0.25, -0.2) is 0 Å².